The summed E-state index contributed by atoms with van der Waals surface area (Å²) < 4.78 is 0. The number of nitrogens with one attached hydrogen (secondary N) is 1. The van der Waals surface area contributed by atoms with E-state index in [0.29, 0.717) is 17.3 Å². The van der Waals surface area contributed by atoms with Gasteiger partial charge in [0.15, 0.2) is 0 Å². The van der Waals surface area contributed by atoms with Crippen LogP contribution in [0.15, 0.2) is 18.3 Å². The molecule has 0 saturated heterocycles. The molecule has 0 bridgehead atoms. The van der Waals surface area contributed by atoms with Crippen molar-refractivity contribution in [3.8, 4) is 0 Å². The number of pyridine rings is 1. The van der Waals surface area contributed by atoms with Crippen LogP contribution in [0.1, 0.15) is 25.3 Å². The maximum absolute atomic E-state index is 5.67. The third-order valence-electron chi connectivity index (χ3n) is 3.51. The van der Waals surface area contributed by atoms with E-state index in [4.69, 9.17) is 5.73 Å². The summed E-state index contributed by atoms with van der Waals surface area (Å²) >= 11 is 0. The fourth-order valence-corrected chi connectivity index (χ4v) is 2.10. The zero-order chi connectivity index (χ0) is 10.9. The van der Waals surface area contributed by atoms with Crippen LogP contribution in [0.3, 0.4) is 0 Å². The average molecular weight is 205 g/mol. The van der Waals surface area contributed by atoms with Gasteiger partial charge in [-0.3, -0.25) is 0 Å². The number of rotatable bonds is 4. The number of hydrogen-bond donors (Lipinski definition) is 2. The smallest absolute Gasteiger partial charge is 0.123 e. The van der Waals surface area contributed by atoms with Crippen LogP contribution >= 0.6 is 0 Å². The highest BCUT2D eigenvalue weighted by atomic mass is 14.9. The summed E-state index contributed by atoms with van der Waals surface area (Å²) in [7, 11) is 2.04. The zero-order valence-corrected chi connectivity index (χ0v) is 9.46. The van der Waals surface area contributed by atoms with E-state index in [2.05, 4.69) is 17.2 Å². The Kier molecular flexibility index (Phi) is 2.65. The predicted molar refractivity (Wildman–Crippen MR) is 62.5 cm³/mol. The molecule has 0 aliphatic heterocycles. The molecule has 3 heteroatoms. The SMILES string of the molecule is CNC(Cc1ccnc(N)c1)C1(C)CC1. The molecule has 1 heterocycles. The fourth-order valence-electron chi connectivity index (χ4n) is 2.10. The van der Waals surface area contributed by atoms with E-state index >= 15 is 0 Å². The molecular weight excluding hydrogens is 186 g/mol. The van der Waals surface area contributed by atoms with Crippen LogP contribution in [0.2, 0.25) is 0 Å². The van der Waals surface area contributed by atoms with Crippen molar-refractivity contribution in [2.24, 2.45) is 5.41 Å². The first-order valence-electron chi connectivity index (χ1n) is 5.52. The van der Waals surface area contributed by atoms with E-state index in [0.717, 1.165) is 6.42 Å². The first-order valence-corrected chi connectivity index (χ1v) is 5.52. The highest BCUT2D eigenvalue weighted by molar-refractivity contribution is 5.32. The van der Waals surface area contributed by atoms with Crippen molar-refractivity contribution in [3.63, 3.8) is 0 Å². The van der Waals surface area contributed by atoms with Gasteiger partial charge in [-0.1, -0.05) is 6.92 Å². The van der Waals surface area contributed by atoms with Crippen LogP contribution in [0.25, 0.3) is 0 Å². The standard InChI is InChI=1S/C12H19N3/c1-12(4-5-12)10(14-2)7-9-3-6-15-11(13)8-9/h3,6,8,10,14H,4-5,7H2,1-2H3,(H2,13,15). The first kappa shape index (κ1) is 10.4. The molecule has 1 atom stereocenters. The van der Waals surface area contributed by atoms with Crippen molar-refractivity contribution in [2.75, 3.05) is 12.8 Å². The summed E-state index contributed by atoms with van der Waals surface area (Å²) in [5, 5.41) is 3.41. The lowest BCUT2D eigenvalue weighted by molar-refractivity contribution is 0.376. The molecule has 15 heavy (non-hydrogen) atoms. The Balaban J connectivity index is 2.06. The van der Waals surface area contributed by atoms with Crippen LogP contribution < -0.4 is 11.1 Å². The zero-order valence-electron chi connectivity index (χ0n) is 9.46. The molecule has 0 radical (unpaired) electrons. The molecule has 3 nitrogen and oxygen atoms in total. The second-order valence-electron chi connectivity index (χ2n) is 4.79. The Labute approximate surface area is 91.1 Å². The Morgan fingerprint density at radius 2 is 2.33 bits per heavy atom. The van der Waals surface area contributed by atoms with Crippen molar-refractivity contribution in [1.82, 2.24) is 10.3 Å². The summed E-state index contributed by atoms with van der Waals surface area (Å²) in [6, 6.07) is 4.57. The summed E-state index contributed by atoms with van der Waals surface area (Å²) in [4.78, 5) is 4.01. The van der Waals surface area contributed by atoms with Crippen LogP contribution in [-0.4, -0.2) is 18.1 Å². The Hall–Kier alpha value is -1.09. The quantitative estimate of drug-likeness (QED) is 0.785. The predicted octanol–water partition coefficient (Wildman–Crippen LogP) is 1.59. The van der Waals surface area contributed by atoms with Gasteiger partial charge in [0.1, 0.15) is 5.82 Å². The molecule has 1 aromatic rings. The van der Waals surface area contributed by atoms with Gasteiger partial charge in [0.05, 0.1) is 0 Å². The summed E-state index contributed by atoms with van der Waals surface area (Å²) in [5.74, 6) is 0.614. The van der Waals surface area contributed by atoms with Crippen LogP contribution in [0.5, 0.6) is 0 Å². The van der Waals surface area contributed by atoms with E-state index in [-0.39, 0.29) is 0 Å². The second-order valence-corrected chi connectivity index (χ2v) is 4.79. The number of likely N-dealkylation sites (N-methyl/N-ethyl adjacent to an activating group) is 1. The molecule has 1 aliphatic carbocycles. The second kappa shape index (κ2) is 3.81. The molecule has 1 saturated carbocycles. The largest absolute Gasteiger partial charge is 0.384 e. The van der Waals surface area contributed by atoms with Crippen molar-refractivity contribution >= 4 is 5.82 Å². The minimum atomic E-state index is 0.493. The van der Waals surface area contributed by atoms with E-state index < -0.39 is 0 Å². The number of nitrogens with two attached hydrogens (primary N) is 1. The van der Waals surface area contributed by atoms with Crippen LogP contribution in [0, 0.1) is 5.41 Å². The Morgan fingerprint density at radius 1 is 1.60 bits per heavy atom. The molecular formula is C12H19N3. The van der Waals surface area contributed by atoms with Gasteiger partial charge in [-0.05, 0) is 49.4 Å². The van der Waals surface area contributed by atoms with Crippen LogP contribution in [-0.2, 0) is 6.42 Å². The molecule has 2 rings (SSSR count). The van der Waals surface area contributed by atoms with Crippen LogP contribution in [0.4, 0.5) is 5.82 Å². The maximum atomic E-state index is 5.67. The Bertz CT molecular complexity index is 344. The highest BCUT2D eigenvalue weighted by Gasteiger charge is 2.43. The van der Waals surface area contributed by atoms with E-state index in [1.54, 1.807) is 6.20 Å². The molecule has 0 spiro atoms. The van der Waals surface area contributed by atoms with Gasteiger partial charge in [0.25, 0.3) is 0 Å². The number of aromatic nitrogens is 1. The van der Waals surface area contributed by atoms with Crippen molar-refractivity contribution in [1.29, 1.82) is 0 Å². The third-order valence-corrected chi connectivity index (χ3v) is 3.51. The third kappa shape index (κ3) is 2.29. The van der Waals surface area contributed by atoms with Gasteiger partial charge in [-0.25, -0.2) is 4.98 Å². The van der Waals surface area contributed by atoms with Gasteiger partial charge in [-0.2, -0.15) is 0 Å². The lowest BCUT2D eigenvalue weighted by Crippen LogP contribution is -2.35. The number of nitrogens with zero attached hydrogens (tertiary/aromatic N) is 1. The molecule has 1 fully saturated rings. The molecule has 1 aliphatic rings. The Morgan fingerprint density at radius 3 is 2.87 bits per heavy atom. The number of hydrogen-bond acceptors (Lipinski definition) is 3. The van der Waals surface area contributed by atoms with Gasteiger partial charge < -0.3 is 11.1 Å². The molecule has 0 amide bonds. The molecule has 3 N–H and O–H groups in total. The van der Waals surface area contributed by atoms with E-state index in [1.165, 1.54) is 18.4 Å². The molecule has 82 valence electrons. The van der Waals surface area contributed by atoms with Crippen molar-refractivity contribution < 1.29 is 0 Å². The highest BCUT2D eigenvalue weighted by Crippen LogP contribution is 2.48. The van der Waals surface area contributed by atoms with Gasteiger partial charge in [0, 0.05) is 12.2 Å². The van der Waals surface area contributed by atoms with E-state index in [9.17, 15) is 0 Å². The van der Waals surface area contributed by atoms with Crippen molar-refractivity contribution in [3.05, 3.63) is 23.9 Å². The lowest BCUT2D eigenvalue weighted by Gasteiger charge is -2.23. The summed E-state index contributed by atoms with van der Waals surface area (Å²) in [5.41, 5.74) is 7.43. The fraction of sp³-hybridized carbons (Fsp3) is 0.583. The normalized spacial score (nSPS) is 19.9. The molecule has 0 aromatic carbocycles. The lowest BCUT2D eigenvalue weighted by atomic mass is 9.93. The first-order chi connectivity index (χ1) is 7.14. The number of nitrogen functional groups attached to an aromatic ring is 1. The van der Waals surface area contributed by atoms with Crippen molar-refractivity contribution in [2.45, 2.75) is 32.2 Å². The van der Waals surface area contributed by atoms with E-state index in [1.807, 2.05) is 19.2 Å². The minimum absolute atomic E-state index is 0.493. The number of anilines is 1. The van der Waals surface area contributed by atoms with Gasteiger partial charge in [-0.15, -0.1) is 0 Å². The van der Waals surface area contributed by atoms with Gasteiger partial charge >= 0.3 is 0 Å². The molecule has 1 aromatic heterocycles. The minimum Gasteiger partial charge on any atom is -0.384 e. The summed E-state index contributed by atoms with van der Waals surface area (Å²) in [6.07, 6.45) is 5.49. The summed E-state index contributed by atoms with van der Waals surface area (Å²) in [6.45, 7) is 2.35. The maximum Gasteiger partial charge on any atom is 0.123 e. The topological polar surface area (TPSA) is 50.9 Å². The average Bonchev–Trinajstić information content (AvgIpc) is 2.94. The monoisotopic (exact) mass is 205 g/mol. The molecule has 1 unspecified atom stereocenters. The van der Waals surface area contributed by atoms with Gasteiger partial charge in [0.2, 0.25) is 0 Å².